The molecule has 0 saturated carbocycles. The van der Waals surface area contributed by atoms with Crippen LogP contribution in [0.1, 0.15) is 33.1 Å². The van der Waals surface area contributed by atoms with Gasteiger partial charge >= 0.3 is 5.97 Å². The lowest BCUT2D eigenvalue weighted by molar-refractivity contribution is -0.154. The van der Waals surface area contributed by atoms with Crippen molar-refractivity contribution in [3.8, 4) is 0 Å². The third-order valence-electron chi connectivity index (χ3n) is 2.99. The van der Waals surface area contributed by atoms with E-state index in [9.17, 15) is 9.59 Å². The lowest BCUT2D eigenvalue weighted by Gasteiger charge is -2.21. The number of carbonyl (C=O) groups excluding carboxylic acids is 1. The molecule has 0 spiro atoms. The van der Waals surface area contributed by atoms with Crippen molar-refractivity contribution in [2.45, 2.75) is 45.3 Å². The summed E-state index contributed by atoms with van der Waals surface area (Å²) in [5.74, 6) is -0.541. The summed E-state index contributed by atoms with van der Waals surface area (Å²) in [5.41, 5.74) is 0. The Morgan fingerprint density at radius 1 is 1.35 bits per heavy atom. The maximum atomic E-state index is 11.9. The number of carboxylic acid groups (broad SMARTS) is 1. The van der Waals surface area contributed by atoms with Crippen LogP contribution in [0.4, 0.5) is 0 Å². The number of nitrogens with zero attached hydrogens (tertiary/aromatic N) is 1. The number of likely N-dealkylation sites (N-methyl/N-ethyl adjacent to an activating group) is 1. The third kappa shape index (κ3) is 4.00. The predicted octanol–water partition coefficient (Wildman–Crippen LogP) is 1.12. The molecular weight excluding hydrogens is 222 g/mol. The zero-order chi connectivity index (χ0) is 13.0. The highest BCUT2D eigenvalue weighted by Gasteiger charge is 2.35. The first-order valence-corrected chi connectivity index (χ1v) is 6.05. The van der Waals surface area contributed by atoms with Gasteiger partial charge in [-0.1, -0.05) is 13.8 Å². The van der Waals surface area contributed by atoms with Crippen LogP contribution in [0.5, 0.6) is 0 Å². The van der Waals surface area contributed by atoms with Crippen LogP contribution in [0, 0.1) is 5.92 Å². The highest BCUT2D eigenvalue weighted by Crippen LogP contribution is 2.21. The van der Waals surface area contributed by atoms with Crippen LogP contribution in [0.15, 0.2) is 0 Å². The Kier molecular flexibility index (Phi) is 4.93. The van der Waals surface area contributed by atoms with Crippen molar-refractivity contribution in [1.82, 2.24) is 4.90 Å². The smallest absolute Gasteiger partial charge is 0.332 e. The molecule has 1 amide bonds. The highest BCUT2D eigenvalue weighted by molar-refractivity contribution is 5.82. The van der Waals surface area contributed by atoms with Crippen molar-refractivity contribution in [2.24, 2.45) is 5.92 Å². The summed E-state index contributed by atoms with van der Waals surface area (Å²) in [5, 5.41) is 8.78. The molecular formula is C12H21NO4. The SMILES string of the molecule is CC(C)CCN(C)C(=O)C1CCC(C(=O)O)O1. The summed E-state index contributed by atoms with van der Waals surface area (Å²) < 4.78 is 5.22. The first-order valence-electron chi connectivity index (χ1n) is 6.05. The second-order valence-electron chi connectivity index (χ2n) is 4.97. The molecule has 1 N–H and O–H groups in total. The molecule has 0 radical (unpaired) electrons. The van der Waals surface area contributed by atoms with Gasteiger partial charge in [0.15, 0.2) is 6.10 Å². The van der Waals surface area contributed by atoms with Crippen LogP contribution in [0.25, 0.3) is 0 Å². The minimum Gasteiger partial charge on any atom is -0.479 e. The van der Waals surface area contributed by atoms with Gasteiger partial charge in [-0.25, -0.2) is 4.79 Å². The lowest BCUT2D eigenvalue weighted by Crippen LogP contribution is -2.38. The lowest BCUT2D eigenvalue weighted by atomic mass is 10.1. The summed E-state index contributed by atoms with van der Waals surface area (Å²) in [4.78, 5) is 24.3. The van der Waals surface area contributed by atoms with Crippen LogP contribution in [0.3, 0.4) is 0 Å². The molecule has 0 aliphatic carbocycles. The predicted molar refractivity (Wildman–Crippen MR) is 62.6 cm³/mol. The van der Waals surface area contributed by atoms with Gasteiger partial charge in [-0.3, -0.25) is 4.79 Å². The summed E-state index contributed by atoms with van der Waals surface area (Å²) in [6.45, 7) is 4.89. The minimum atomic E-state index is -0.981. The van der Waals surface area contributed by atoms with E-state index in [1.165, 1.54) is 0 Å². The Morgan fingerprint density at radius 3 is 2.41 bits per heavy atom. The van der Waals surface area contributed by atoms with Crippen LogP contribution < -0.4 is 0 Å². The second-order valence-corrected chi connectivity index (χ2v) is 4.97. The van der Waals surface area contributed by atoms with E-state index in [1.807, 2.05) is 0 Å². The zero-order valence-electron chi connectivity index (χ0n) is 10.7. The van der Waals surface area contributed by atoms with Gasteiger partial charge in [-0.2, -0.15) is 0 Å². The van der Waals surface area contributed by atoms with E-state index in [0.29, 0.717) is 25.3 Å². The molecule has 0 aromatic heterocycles. The molecule has 2 unspecified atom stereocenters. The maximum Gasteiger partial charge on any atom is 0.332 e. The van der Waals surface area contributed by atoms with Crippen LogP contribution >= 0.6 is 0 Å². The van der Waals surface area contributed by atoms with Gasteiger partial charge in [-0.05, 0) is 25.2 Å². The van der Waals surface area contributed by atoms with Crippen LogP contribution in [-0.2, 0) is 14.3 Å². The Bertz CT molecular complexity index is 290. The first-order chi connectivity index (χ1) is 7.91. The van der Waals surface area contributed by atoms with E-state index in [0.717, 1.165) is 6.42 Å². The molecule has 0 aromatic carbocycles. The highest BCUT2D eigenvalue weighted by atomic mass is 16.5. The van der Waals surface area contributed by atoms with Crippen molar-refractivity contribution in [3.63, 3.8) is 0 Å². The fourth-order valence-corrected chi connectivity index (χ4v) is 1.81. The average molecular weight is 243 g/mol. The number of ether oxygens (including phenoxy) is 1. The van der Waals surface area contributed by atoms with Crippen molar-refractivity contribution in [1.29, 1.82) is 0 Å². The molecule has 1 heterocycles. The van der Waals surface area contributed by atoms with E-state index >= 15 is 0 Å². The number of aliphatic carboxylic acids is 1. The van der Waals surface area contributed by atoms with Gasteiger partial charge < -0.3 is 14.7 Å². The van der Waals surface area contributed by atoms with Gasteiger partial charge in [0.1, 0.15) is 6.10 Å². The zero-order valence-corrected chi connectivity index (χ0v) is 10.7. The average Bonchev–Trinajstić information content (AvgIpc) is 2.73. The monoisotopic (exact) mass is 243 g/mol. The molecule has 1 aliphatic rings. The Morgan fingerprint density at radius 2 is 1.94 bits per heavy atom. The van der Waals surface area contributed by atoms with E-state index in [4.69, 9.17) is 9.84 Å². The molecule has 1 fully saturated rings. The topological polar surface area (TPSA) is 66.8 Å². The first kappa shape index (κ1) is 14.0. The molecule has 5 nitrogen and oxygen atoms in total. The normalized spacial score (nSPS) is 24.0. The van der Waals surface area contributed by atoms with Crippen LogP contribution in [-0.4, -0.2) is 47.7 Å². The van der Waals surface area contributed by atoms with E-state index in [2.05, 4.69) is 13.8 Å². The Labute approximate surface area is 102 Å². The van der Waals surface area contributed by atoms with Gasteiger partial charge in [-0.15, -0.1) is 0 Å². The summed E-state index contributed by atoms with van der Waals surface area (Å²) in [6, 6.07) is 0. The molecule has 0 aromatic rings. The number of hydrogen-bond donors (Lipinski definition) is 1. The molecule has 1 saturated heterocycles. The fraction of sp³-hybridized carbons (Fsp3) is 0.833. The molecule has 2 atom stereocenters. The molecule has 1 aliphatic heterocycles. The maximum absolute atomic E-state index is 11.9. The van der Waals surface area contributed by atoms with Gasteiger partial charge in [0.2, 0.25) is 0 Å². The van der Waals surface area contributed by atoms with Crippen LogP contribution in [0.2, 0.25) is 0 Å². The summed E-state index contributed by atoms with van der Waals surface area (Å²) >= 11 is 0. The molecule has 0 bridgehead atoms. The fourth-order valence-electron chi connectivity index (χ4n) is 1.81. The molecule has 1 rings (SSSR count). The van der Waals surface area contributed by atoms with Crippen molar-refractivity contribution < 1.29 is 19.4 Å². The Hall–Kier alpha value is -1.10. The van der Waals surface area contributed by atoms with Gasteiger partial charge in [0.25, 0.3) is 5.91 Å². The molecule has 98 valence electrons. The second kappa shape index (κ2) is 6.00. The van der Waals surface area contributed by atoms with Gasteiger partial charge in [0, 0.05) is 13.6 Å². The number of amides is 1. The standard InChI is InChI=1S/C12H21NO4/c1-8(2)6-7-13(3)11(14)9-4-5-10(17-9)12(15)16/h8-10H,4-7H2,1-3H3,(H,15,16). The summed E-state index contributed by atoms with van der Waals surface area (Å²) in [6.07, 6.45) is 0.471. The molecule has 5 heteroatoms. The van der Waals surface area contributed by atoms with E-state index in [1.54, 1.807) is 11.9 Å². The Balaban J connectivity index is 2.40. The molecule has 17 heavy (non-hydrogen) atoms. The number of rotatable bonds is 5. The number of carboxylic acids is 1. The van der Waals surface area contributed by atoms with Crippen molar-refractivity contribution in [3.05, 3.63) is 0 Å². The summed E-state index contributed by atoms with van der Waals surface area (Å²) in [7, 11) is 1.74. The van der Waals surface area contributed by atoms with E-state index in [-0.39, 0.29) is 5.91 Å². The van der Waals surface area contributed by atoms with E-state index < -0.39 is 18.2 Å². The quantitative estimate of drug-likeness (QED) is 0.785. The number of hydrogen-bond acceptors (Lipinski definition) is 3. The van der Waals surface area contributed by atoms with Gasteiger partial charge in [0.05, 0.1) is 0 Å². The minimum absolute atomic E-state index is 0.102. The van der Waals surface area contributed by atoms with Crippen molar-refractivity contribution in [2.75, 3.05) is 13.6 Å². The third-order valence-corrected chi connectivity index (χ3v) is 2.99. The van der Waals surface area contributed by atoms with Crippen molar-refractivity contribution >= 4 is 11.9 Å². The largest absolute Gasteiger partial charge is 0.479 e. The number of carbonyl (C=O) groups is 2.